The van der Waals surface area contributed by atoms with E-state index in [0.717, 1.165) is 23.6 Å². The third-order valence-corrected chi connectivity index (χ3v) is 6.53. The van der Waals surface area contributed by atoms with E-state index in [1.54, 1.807) is 0 Å². The summed E-state index contributed by atoms with van der Waals surface area (Å²) in [5, 5.41) is 3.26. The van der Waals surface area contributed by atoms with Crippen molar-refractivity contribution in [3.05, 3.63) is 28.8 Å². The zero-order valence-electron chi connectivity index (χ0n) is 13.7. The second-order valence-corrected chi connectivity index (χ2v) is 8.83. The van der Waals surface area contributed by atoms with Gasteiger partial charge in [0, 0.05) is 20.1 Å². The van der Waals surface area contributed by atoms with Gasteiger partial charge in [-0.1, -0.05) is 31.4 Å². The molecule has 23 heavy (non-hydrogen) atoms. The van der Waals surface area contributed by atoms with E-state index in [1.165, 1.54) is 38.7 Å². The highest BCUT2D eigenvalue weighted by molar-refractivity contribution is 7.89. The molecule has 1 aromatic carbocycles. The van der Waals surface area contributed by atoms with Crippen LogP contribution in [0.1, 0.15) is 43.0 Å². The van der Waals surface area contributed by atoms with Gasteiger partial charge in [0.25, 0.3) is 5.91 Å². The highest BCUT2D eigenvalue weighted by Gasteiger charge is 2.25. The van der Waals surface area contributed by atoms with Crippen molar-refractivity contribution in [2.24, 2.45) is 5.92 Å². The molecule has 0 heterocycles. The van der Waals surface area contributed by atoms with Gasteiger partial charge in [0.05, 0.1) is 15.5 Å². The van der Waals surface area contributed by atoms with Gasteiger partial charge in [-0.05, 0) is 37.0 Å². The van der Waals surface area contributed by atoms with Gasteiger partial charge < -0.3 is 5.32 Å². The average molecular weight is 359 g/mol. The fourth-order valence-electron chi connectivity index (χ4n) is 2.83. The van der Waals surface area contributed by atoms with Gasteiger partial charge in [0.2, 0.25) is 10.0 Å². The number of amides is 1. The molecule has 0 radical (unpaired) electrons. The molecule has 128 valence electrons. The quantitative estimate of drug-likeness (QED) is 0.899. The molecule has 1 amide bonds. The smallest absolute Gasteiger partial charge is 0.253 e. The maximum absolute atomic E-state index is 12.5. The maximum Gasteiger partial charge on any atom is 0.253 e. The summed E-state index contributed by atoms with van der Waals surface area (Å²) < 4.78 is 25.5. The van der Waals surface area contributed by atoms with Crippen LogP contribution in [0, 0.1) is 5.92 Å². The Balaban J connectivity index is 2.26. The van der Waals surface area contributed by atoms with Crippen molar-refractivity contribution in [1.82, 2.24) is 9.62 Å². The standard InChI is InChI=1S/C16H23ClN2O3S/c1-11-6-4-5-7-15(11)18-16(20)13-10-12(8-9-14(13)17)23(21,22)19(2)3/h8-11,15H,4-7H2,1-3H3,(H,18,20)/t11-,15-/m0/s1. The van der Waals surface area contributed by atoms with Crippen molar-refractivity contribution in [2.45, 2.75) is 43.5 Å². The molecule has 5 nitrogen and oxygen atoms in total. The van der Waals surface area contributed by atoms with Gasteiger partial charge in [-0.2, -0.15) is 0 Å². The van der Waals surface area contributed by atoms with Crippen LogP contribution in [0.4, 0.5) is 0 Å². The van der Waals surface area contributed by atoms with Gasteiger partial charge in [0.1, 0.15) is 0 Å². The van der Waals surface area contributed by atoms with Gasteiger partial charge in [-0.15, -0.1) is 0 Å². The number of hydrogen-bond acceptors (Lipinski definition) is 3. The molecule has 0 aliphatic heterocycles. The average Bonchev–Trinajstić information content (AvgIpc) is 2.49. The fourth-order valence-corrected chi connectivity index (χ4v) is 3.96. The SMILES string of the molecule is C[C@H]1CCCC[C@@H]1NC(=O)c1cc(S(=O)(=O)N(C)C)ccc1Cl. The summed E-state index contributed by atoms with van der Waals surface area (Å²) in [4.78, 5) is 12.6. The number of rotatable bonds is 4. The molecule has 1 aliphatic carbocycles. The van der Waals surface area contributed by atoms with E-state index in [9.17, 15) is 13.2 Å². The minimum atomic E-state index is -3.60. The molecule has 1 aromatic rings. The Morgan fingerprint density at radius 2 is 1.91 bits per heavy atom. The predicted octanol–water partition coefficient (Wildman–Crippen LogP) is 2.90. The summed E-state index contributed by atoms with van der Waals surface area (Å²) in [7, 11) is -0.695. The van der Waals surface area contributed by atoms with E-state index in [0.29, 0.717) is 5.92 Å². The molecule has 0 saturated heterocycles. The Kier molecular flexibility index (Phi) is 5.70. The number of hydrogen-bond donors (Lipinski definition) is 1. The highest BCUT2D eigenvalue weighted by atomic mass is 35.5. The summed E-state index contributed by atoms with van der Waals surface area (Å²) in [6, 6.07) is 4.33. The third kappa shape index (κ3) is 4.05. The molecule has 1 aliphatic rings. The normalized spacial score (nSPS) is 22.1. The molecular weight excluding hydrogens is 336 g/mol. The second kappa shape index (κ2) is 7.20. The number of benzene rings is 1. The topological polar surface area (TPSA) is 66.5 Å². The van der Waals surface area contributed by atoms with Crippen LogP contribution >= 0.6 is 11.6 Å². The van der Waals surface area contributed by atoms with Crippen molar-refractivity contribution in [2.75, 3.05) is 14.1 Å². The van der Waals surface area contributed by atoms with Crippen LogP contribution < -0.4 is 5.32 Å². The molecule has 0 bridgehead atoms. The minimum Gasteiger partial charge on any atom is -0.349 e. The first-order chi connectivity index (χ1) is 10.7. The number of nitrogens with zero attached hydrogens (tertiary/aromatic N) is 1. The molecule has 0 spiro atoms. The Morgan fingerprint density at radius 3 is 2.52 bits per heavy atom. The predicted molar refractivity (Wildman–Crippen MR) is 91.2 cm³/mol. The van der Waals surface area contributed by atoms with E-state index in [4.69, 9.17) is 11.6 Å². The first-order valence-electron chi connectivity index (χ1n) is 7.76. The molecule has 0 aromatic heterocycles. The summed E-state index contributed by atoms with van der Waals surface area (Å²) in [6.07, 6.45) is 4.32. The van der Waals surface area contributed by atoms with Gasteiger partial charge in [-0.3, -0.25) is 4.79 Å². The van der Waals surface area contributed by atoms with E-state index in [-0.39, 0.29) is 27.4 Å². The van der Waals surface area contributed by atoms with Crippen LogP contribution in [0.3, 0.4) is 0 Å². The Hall–Kier alpha value is -1.11. The van der Waals surface area contributed by atoms with Gasteiger partial charge in [0.15, 0.2) is 0 Å². The van der Waals surface area contributed by atoms with E-state index < -0.39 is 10.0 Å². The first kappa shape index (κ1) is 18.2. The second-order valence-electron chi connectivity index (χ2n) is 6.27. The zero-order chi connectivity index (χ0) is 17.2. The van der Waals surface area contributed by atoms with Crippen molar-refractivity contribution in [3.63, 3.8) is 0 Å². The highest BCUT2D eigenvalue weighted by Crippen LogP contribution is 2.26. The van der Waals surface area contributed by atoms with E-state index in [1.807, 2.05) is 0 Å². The molecule has 2 atom stereocenters. The first-order valence-corrected chi connectivity index (χ1v) is 9.58. The Morgan fingerprint density at radius 1 is 1.26 bits per heavy atom. The Labute approximate surface area is 143 Å². The van der Waals surface area contributed by atoms with Crippen LogP contribution in [-0.4, -0.2) is 38.8 Å². The Bertz CT molecular complexity index is 689. The lowest BCUT2D eigenvalue weighted by atomic mass is 9.86. The molecule has 1 saturated carbocycles. The van der Waals surface area contributed by atoms with Crippen LogP contribution in [0.25, 0.3) is 0 Å². The molecule has 7 heteroatoms. The number of sulfonamides is 1. The fraction of sp³-hybridized carbons (Fsp3) is 0.562. The van der Waals surface area contributed by atoms with E-state index in [2.05, 4.69) is 12.2 Å². The maximum atomic E-state index is 12.5. The molecular formula is C16H23ClN2O3S. The van der Waals surface area contributed by atoms with Crippen molar-refractivity contribution < 1.29 is 13.2 Å². The van der Waals surface area contributed by atoms with Crippen LogP contribution in [0.15, 0.2) is 23.1 Å². The number of nitrogens with one attached hydrogen (secondary N) is 1. The molecule has 1 fully saturated rings. The summed E-state index contributed by atoms with van der Waals surface area (Å²) in [5.41, 5.74) is 0.201. The van der Waals surface area contributed by atoms with Crippen LogP contribution in [-0.2, 0) is 10.0 Å². The molecule has 0 unspecified atom stereocenters. The monoisotopic (exact) mass is 358 g/mol. The third-order valence-electron chi connectivity index (χ3n) is 4.39. The lowest BCUT2D eigenvalue weighted by Crippen LogP contribution is -2.41. The van der Waals surface area contributed by atoms with Crippen molar-refractivity contribution in [3.8, 4) is 0 Å². The molecule has 1 N–H and O–H groups in total. The van der Waals surface area contributed by atoms with Crippen molar-refractivity contribution >= 4 is 27.5 Å². The zero-order valence-corrected chi connectivity index (χ0v) is 15.2. The van der Waals surface area contributed by atoms with E-state index >= 15 is 0 Å². The number of halogens is 1. The number of carbonyl (C=O) groups excluding carboxylic acids is 1. The van der Waals surface area contributed by atoms with Gasteiger partial charge >= 0.3 is 0 Å². The van der Waals surface area contributed by atoms with Crippen LogP contribution in [0.5, 0.6) is 0 Å². The summed E-state index contributed by atoms with van der Waals surface area (Å²) in [5.74, 6) is 0.102. The molecule has 2 rings (SSSR count). The number of carbonyl (C=O) groups is 1. The summed E-state index contributed by atoms with van der Waals surface area (Å²) in [6.45, 7) is 2.12. The lowest BCUT2D eigenvalue weighted by molar-refractivity contribution is 0.0910. The van der Waals surface area contributed by atoms with Gasteiger partial charge in [-0.25, -0.2) is 12.7 Å². The van der Waals surface area contributed by atoms with Crippen molar-refractivity contribution in [1.29, 1.82) is 0 Å². The largest absolute Gasteiger partial charge is 0.349 e. The van der Waals surface area contributed by atoms with Crippen LogP contribution in [0.2, 0.25) is 5.02 Å². The minimum absolute atomic E-state index is 0.0637. The summed E-state index contributed by atoms with van der Waals surface area (Å²) >= 11 is 6.11. The lowest BCUT2D eigenvalue weighted by Gasteiger charge is -2.29.